The molecule has 2 fully saturated rings. The number of ether oxygens (including phenoxy) is 3. The number of aliphatic hydroxyl groups is 1. The Morgan fingerprint density at radius 3 is 2.62 bits per heavy atom. The van der Waals surface area contributed by atoms with Crippen LogP contribution in [0.5, 0.6) is 0 Å². The molecule has 2 aliphatic rings. The van der Waals surface area contributed by atoms with Crippen LogP contribution in [0.3, 0.4) is 0 Å². The molecule has 1 saturated heterocycles. The molecule has 1 aliphatic carbocycles. The second kappa shape index (κ2) is 7.98. The van der Waals surface area contributed by atoms with E-state index in [0.717, 1.165) is 12.3 Å². The first-order chi connectivity index (χ1) is 11.2. The third-order valence-corrected chi connectivity index (χ3v) is 4.96. The lowest BCUT2D eigenvalue weighted by atomic mass is 9.93. The predicted molar refractivity (Wildman–Crippen MR) is 91.3 cm³/mol. The summed E-state index contributed by atoms with van der Waals surface area (Å²) in [5.74, 6) is 0.222. The van der Waals surface area contributed by atoms with Crippen LogP contribution in [0, 0.1) is 17.8 Å². The standard InChI is InChI=1S/C19H32O5/c1-6-22-18(21)8-7-12(2)16(20)10-14-11-17(15-9-13(15)3)24-19(4,5)23-14/h7-8,12-17,20H,6,9-11H2,1-5H3/b8-7+/t12-,13-,14-,15-,16-,17-/m0/s1. The molecule has 0 radical (unpaired) electrons. The lowest BCUT2D eigenvalue weighted by Crippen LogP contribution is -2.46. The maximum Gasteiger partial charge on any atom is 0.330 e. The largest absolute Gasteiger partial charge is 0.463 e. The van der Waals surface area contributed by atoms with Gasteiger partial charge in [-0.25, -0.2) is 4.79 Å². The summed E-state index contributed by atoms with van der Waals surface area (Å²) in [5.41, 5.74) is 0. The van der Waals surface area contributed by atoms with Gasteiger partial charge < -0.3 is 19.3 Å². The van der Waals surface area contributed by atoms with Crippen LogP contribution in [0.25, 0.3) is 0 Å². The molecule has 1 heterocycles. The van der Waals surface area contributed by atoms with Crippen molar-refractivity contribution >= 4 is 5.97 Å². The van der Waals surface area contributed by atoms with Crippen molar-refractivity contribution < 1.29 is 24.1 Å². The van der Waals surface area contributed by atoms with Gasteiger partial charge in [-0.05, 0) is 39.0 Å². The number of esters is 1. The van der Waals surface area contributed by atoms with E-state index in [1.54, 1.807) is 13.0 Å². The van der Waals surface area contributed by atoms with Crippen LogP contribution >= 0.6 is 0 Å². The van der Waals surface area contributed by atoms with Crippen LogP contribution in [0.4, 0.5) is 0 Å². The van der Waals surface area contributed by atoms with Crippen LogP contribution in [-0.2, 0) is 19.0 Å². The van der Waals surface area contributed by atoms with Gasteiger partial charge in [-0.2, -0.15) is 0 Å². The van der Waals surface area contributed by atoms with E-state index in [-0.39, 0.29) is 24.1 Å². The first-order valence-electron chi connectivity index (χ1n) is 9.10. The van der Waals surface area contributed by atoms with Crippen molar-refractivity contribution in [1.82, 2.24) is 0 Å². The SMILES string of the molecule is CCOC(=O)/C=C/[C@H](C)[C@@H](O)C[C@H]1C[C@@H]([C@H]2C[C@@H]2C)OC(C)(C)O1. The Hall–Kier alpha value is -0.910. The fraction of sp³-hybridized carbons (Fsp3) is 0.842. The van der Waals surface area contributed by atoms with E-state index in [1.807, 2.05) is 20.8 Å². The highest BCUT2D eigenvalue weighted by Crippen LogP contribution is 2.47. The summed E-state index contributed by atoms with van der Waals surface area (Å²) in [6.45, 7) is 10.1. The molecule has 0 spiro atoms. The minimum Gasteiger partial charge on any atom is -0.463 e. The van der Waals surface area contributed by atoms with Gasteiger partial charge in [0.15, 0.2) is 5.79 Å². The zero-order valence-electron chi connectivity index (χ0n) is 15.5. The number of aliphatic hydroxyl groups excluding tert-OH is 1. The third-order valence-electron chi connectivity index (χ3n) is 4.96. The molecule has 1 aliphatic heterocycles. The molecule has 0 aromatic heterocycles. The van der Waals surface area contributed by atoms with E-state index in [0.29, 0.717) is 18.9 Å². The summed E-state index contributed by atoms with van der Waals surface area (Å²) < 4.78 is 16.9. The van der Waals surface area contributed by atoms with Gasteiger partial charge in [0, 0.05) is 24.8 Å². The Balaban J connectivity index is 1.87. The van der Waals surface area contributed by atoms with Gasteiger partial charge in [0.2, 0.25) is 0 Å². The second-order valence-electron chi connectivity index (χ2n) is 7.68. The zero-order chi connectivity index (χ0) is 17.9. The monoisotopic (exact) mass is 340 g/mol. The average molecular weight is 340 g/mol. The van der Waals surface area contributed by atoms with Crippen LogP contribution in [-0.4, -0.2) is 41.8 Å². The number of rotatable bonds is 7. The molecule has 0 unspecified atom stereocenters. The lowest BCUT2D eigenvalue weighted by Gasteiger charge is -2.42. The summed E-state index contributed by atoms with van der Waals surface area (Å²) in [6, 6.07) is 0. The van der Waals surface area contributed by atoms with Gasteiger partial charge >= 0.3 is 5.97 Å². The molecule has 0 aromatic carbocycles. The van der Waals surface area contributed by atoms with Crippen LogP contribution in [0.1, 0.15) is 53.9 Å². The Kier molecular flexibility index (Phi) is 6.46. The normalized spacial score (nSPS) is 34.8. The van der Waals surface area contributed by atoms with Crippen LogP contribution in [0.2, 0.25) is 0 Å². The highest BCUT2D eigenvalue weighted by Gasteiger charge is 2.47. The van der Waals surface area contributed by atoms with E-state index in [4.69, 9.17) is 14.2 Å². The van der Waals surface area contributed by atoms with Gasteiger partial charge in [-0.3, -0.25) is 0 Å². The van der Waals surface area contributed by atoms with Gasteiger partial charge in [-0.15, -0.1) is 0 Å². The summed E-state index contributed by atoms with van der Waals surface area (Å²) >= 11 is 0. The highest BCUT2D eigenvalue weighted by atomic mass is 16.7. The number of carbonyl (C=O) groups is 1. The number of hydrogen-bond acceptors (Lipinski definition) is 5. The lowest BCUT2D eigenvalue weighted by molar-refractivity contribution is -0.306. The molecule has 2 rings (SSSR count). The molecule has 0 aromatic rings. The second-order valence-corrected chi connectivity index (χ2v) is 7.68. The quantitative estimate of drug-likeness (QED) is 0.570. The minimum absolute atomic E-state index is 0.0278. The van der Waals surface area contributed by atoms with Crippen molar-refractivity contribution in [3.05, 3.63) is 12.2 Å². The van der Waals surface area contributed by atoms with Crippen molar-refractivity contribution in [3.63, 3.8) is 0 Å². The Bertz CT molecular complexity index is 459. The number of hydrogen-bond donors (Lipinski definition) is 1. The maximum atomic E-state index is 11.4. The van der Waals surface area contributed by atoms with Crippen molar-refractivity contribution in [2.75, 3.05) is 6.61 Å². The van der Waals surface area contributed by atoms with Crippen LogP contribution < -0.4 is 0 Å². The molecule has 0 bridgehead atoms. The smallest absolute Gasteiger partial charge is 0.330 e. The molecule has 138 valence electrons. The molecule has 5 nitrogen and oxygen atoms in total. The molecule has 6 atom stereocenters. The molecule has 0 amide bonds. The summed E-state index contributed by atoms with van der Waals surface area (Å²) in [7, 11) is 0. The predicted octanol–water partition coefficient (Wildman–Crippen LogP) is 3.06. The van der Waals surface area contributed by atoms with Crippen LogP contribution in [0.15, 0.2) is 12.2 Å². The summed E-state index contributed by atoms with van der Waals surface area (Å²) in [6.07, 6.45) is 5.30. The van der Waals surface area contributed by atoms with Crippen molar-refractivity contribution in [2.24, 2.45) is 17.8 Å². The van der Waals surface area contributed by atoms with E-state index in [2.05, 4.69) is 6.92 Å². The molecule has 1 saturated carbocycles. The van der Waals surface area contributed by atoms with Gasteiger partial charge in [0.05, 0.1) is 24.9 Å². The van der Waals surface area contributed by atoms with E-state index < -0.39 is 11.9 Å². The Labute approximate surface area is 145 Å². The number of carbonyl (C=O) groups excluding carboxylic acids is 1. The topological polar surface area (TPSA) is 65.0 Å². The van der Waals surface area contributed by atoms with Crippen molar-refractivity contribution in [3.8, 4) is 0 Å². The third kappa shape index (κ3) is 5.57. The van der Waals surface area contributed by atoms with Crippen molar-refractivity contribution in [1.29, 1.82) is 0 Å². The average Bonchev–Trinajstić information content (AvgIpc) is 3.20. The maximum absolute atomic E-state index is 11.4. The highest BCUT2D eigenvalue weighted by molar-refractivity contribution is 5.81. The molecular formula is C19H32O5. The van der Waals surface area contributed by atoms with Gasteiger partial charge in [-0.1, -0.05) is 19.9 Å². The molecule has 24 heavy (non-hydrogen) atoms. The Morgan fingerprint density at radius 2 is 2.04 bits per heavy atom. The molecule has 1 N–H and O–H groups in total. The summed E-state index contributed by atoms with van der Waals surface area (Å²) in [5, 5.41) is 10.5. The van der Waals surface area contributed by atoms with E-state index >= 15 is 0 Å². The van der Waals surface area contributed by atoms with Crippen molar-refractivity contribution in [2.45, 2.75) is 78.0 Å². The van der Waals surface area contributed by atoms with Gasteiger partial charge in [0.25, 0.3) is 0 Å². The minimum atomic E-state index is -0.611. The molecule has 5 heteroatoms. The summed E-state index contributed by atoms with van der Waals surface area (Å²) in [4.78, 5) is 11.4. The van der Waals surface area contributed by atoms with E-state index in [9.17, 15) is 9.90 Å². The van der Waals surface area contributed by atoms with Gasteiger partial charge in [0.1, 0.15) is 0 Å². The first-order valence-corrected chi connectivity index (χ1v) is 9.10. The fourth-order valence-electron chi connectivity index (χ4n) is 3.46. The van der Waals surface area contributed by atoms with E-state index in [1.165, 1.54) is 12.5 Å². The first kappa shape index (κ1) is 19.4. The Morgan fingerprint density at radius 1 is 1.38 bits per heavy atom. The fourth-order valence-corrected chi connectivity index (χ4v) is 3.46. The zero-order valence-corrected chi connectivity index (χ0v) is 15.5. The molecular weight excluding hydrogens is 308 g/mol.